The van der Waals surface area contributed by atoms with Gasteiger partial charge in [-0.15, -0.1) is 0 Å². The van der Waals surface area contributed by atoms with Crippen molar-refractivity contribution in [3.63, 3.8) is 0 Å². The normalized spacial score (nSPS) is 12.8. The number of rotatable bonds is 4. The summed E-state index contributed by atoms with van der Waals surface area (Å²) in [6, 6.07) is 3.35. The topological polar surface area (TPSA) is 57.2 Å². The van der Waals surface area contributed by atoms with Crippen LogP contribution in [0.25, 0.3) is 0 Å². The first-order chi connectivity index (χ1) is 6.63. The molecule has 0 fully saturated rings. The van der Waals surface area contributed by atoms with Crippen LogP contribution >= 0.6 is 0 Å². The van der Waals surface area contributed by atoms with Crippen LogP contribution in [0.4, 0.5) is 0 Å². The van der Waals surface area contributed by atoms with E-state index in [-0.39, 0.29) is 11.6 Å². The van der Waals surface area contributed by atoms with Gasteiger partial charge in [-0.25, -0.2) is 0 Å². The molecule has 78 valence electrons. The molecule has 1 rings (SSSR count). The molecule has 4 nitrogen and oxygen atoms in total. The molecule has 0 aliphatic rings. The number of aromatic nitrogens is 1. The van der Waals surface area contributed by atoms with Crippen molar-refractivity contribution < 1.29 is 4.74 Å². The number of hydrogen-bond donors (Lipinski definition) is 1. The van der Waals surface area contributed by atoms with Gasteiger partial charge in [0.05, 0.1) is 6.61 Å². The zero-order valence-electron chi connectivity index (χ0n) is 8.56. The monoisotopic (exact) mass is 196 g/mol. The van der Waals surface area contributed by atoms with Crippen LogP contribution in [-0.4, -0.2) is 24.3 Å². The lowest BCUT2D eigenvalue weighted by atomic mass is 10.3. The Morgan fingerprint density at radius 2 is 2.36 bits per heavy atom. The molecule has 1 heterocycles. The Morgan fingerprint density at radius 1 is 1.64 bits per heavy atom. The van der Waals surface area contributed by atoms with Gasteiger partial charge in [-0.2, -0.15) is 0 Å². The Balaban J connectivity index is 2.72. The number of pyridine rings is 1. The van der Waals surface area contributed by atoms with Gasteiger partial charge >= 0.3 is 0 Å². The zero-order valence-corrected chi connectivity index (χ0v) is 8.56. The summed E-state index contributed by atoms with van der Waals surface area (Å²) in [7, 11) is 1.60. The third kappa shape index (κ3) is 2.97. The molecular formula is C10H16N2O2. The lowest BCUT2D eigenvalue weighted by molar-refractivity contribution is 0.173. The summed E-state index contributed by atoms with van der Waals surface area (Å²) in [6.45, 7) is 2.84. The van der Waals surface area contributed by atoms with Gasteiger partial charge in [-0.3, -0.25) is 4.79 Å². The maximum atomic E-state index is 11.4. The van der Waals surface area contributed by atoms with Gasteiger partial charge in [-0.05, 0) is 18.6 Å². The fraction of sp³-hybridized carbons (Fsp3) is 0.500. The summed E-state index contributed by atoms with van der Waals surface area (Å²) in [6.07, 6.45) is 1.76. The molecule has 0 aliphatic carbocycles. The van der Waals surface area contributed by atoms with Crippen molar-refractivity contribution in [3.8, 4) is 0 Å². The standard InChI is InChI=1S/C10H16N2O2/c1-8-3-4-12(10(13)5-8)6-9(11)7-14-2/h3-5,9H,6-7,11H2,1-2H3. The predicted octanol–water partition coefficient (Wildman–Crippen LogP) is 0.130. The van der Waals surface area contributed by atoms with E-state index in [1.165, 1.54) is 0 Å². The SMILES string of the molecule is COCC(N)Cn1ccc(C)cc1=O. The Morgan fingerprint density at radius 3 is 2.93 bits per heavy atom. The fourth-order valence-corrected chi connectivity index (χ4v) is 1.28. The minimum Gasteiger partial charge on any atom is -0.383 e. The van der Waals surface area contributed by atoms with Gasteiger partial charge in [0, 0.05) is 32.0 Å². The molecule has 0 amide bonds. The molecule has 0 bridgehead atoms. The van der Waals surface area contributed by atoms with Crippen LogP contribution in [0.5, 0.6) is 0 Å². The van der Waals surface area contributed by atoms with Gasteiger partial charge in [0.15, 0.2) is 0 Å². The molecule has 14 heavy (non-hydrogen) atoms. The molecule has 2 N–H and O–H groups in total. The van der Waals surface area contributed by atoms with E-state index in [1.54, 1.807) is 23.9 Å². The molecule has 1 aromatic heterocycles. The number of nitrogens with two attached hydrogens (primary N) is 1. The maximum Gasteiger partial charge on any atom is 0.250 e. The van der Waals surface area contributed by atoms with Crippen LogP contribution in [-0.2, 0) is 11.3 Å². The Kier molecular flexibility index (Phi) is 3.85. The maximum absolute atomic E-state index is 11.4. The Bertz CT molecular complexity index is 346. The van der Waals surface area contributed by atoms with E-state index in [1.807, 2.05) is 13.0 Å². The molecule has 0 saturated carbocycles. The minimum atomic E-state index is -0.139. The average Bonchev–Trinajstić information content (AvgIpc) is 2.10. The molecular weight excluding hydrogens is 180 g/mol. The Hall–Kier alpha value is -1.13. The van der Waals surface area contributed by atoms with Crippen molar-refractivity contribution >= 4 is 0 Å². The Labute approximate surface area is 83.3 Å². The van der Waals surface area contributed by atoms with Crippen LogP contribution in [0.1, 0.15) is 5.56 Å². The summed E-state index contributed by atoms with van der Waals surface area (Å²) in [5.74, 6) is 0. The first-order valence-corrected chi connectivity index (χ1v) is 4.55. The summed E-state index contributed by atoms with van der Waals surface area (Å²) in [5, 5.41) is 0. The number of methoxy groups -OCH3 is 1. The molecule has 0 radical (unpaired) electrons. The lowest BCUT2D eigenvalue weighted by Gasteiger charge is -2.12. The van der Waals surface area contributed by atoms with Crippen molar-refractivity contribution in [2.45, 2.75) is 19.5 Å². The highest BCUT2D eigenvalue weighted by molar-refractivity contribution is 5.08. The van der Waals surface area contributed by atoms with E-state index in [2.05, 4.69) is 0 Å². The second-order valence-corrected chi connectivity index (χ2v) is 3.41. The van der Waals surface area contributed by atoms with Crippen molar-refractivity contribution in [2.75, 3.05) is 13.7 Å². The molecule has 1 unspecified atom stereocenters. The highest BCUT2D eigenvalue weighted by Crippen LogP contribution is 1.92. The molecule has 0 spiro atoms. The van der Waals surface area contributed by atoms with Crippen LogP contribution in [0.3, 0.4) is 0 Å². The van der Waals surface area contributed by atoms with Gasteiger partial charge in [0.25, 0.3) is 5.56 Å². The average molecular weight is 196 g/mol. The van der Waals surface area contributed by atoms with E-state index < -0.39 is 0 Å². The van der Waals surface area contributed by atoms with Crippen LogP contribution in [0.2, 0.25) is 0 Å². The zero-order chi connectivity index (χ0) is 10.6. The number of nitrogens with zero attached hydrogens (tertiary/aromatic N) is 1. The lowest BCUT2D eigenvalue weighted by Crippen LogP contribution is -2.34. The van der Waals surface area contributed by atoms with Gasteiger partial charge in [-0.1, -0.05) is 0 Å². The molecule has 0 aromatic carbocycles. The van der Waals surface area contributed by atoms with E-state index in [9.17, 15) is 4.79 Å². The first-order valence-electron chi connectivity index (χ1n) is 4.55. The van der Waals surface area contributed by atoms with E-state index in [4.69, 9.17) is 10.5 Å². The molecule has 4 heteroatoms. The second-order valence-electron chi connectivity index (χ2n) is 3.41. The van der Waals surface area contributed by atoms with Crippen molar-refractivity contribution in [2.24, 2.45) is 5.73 Å². The number of aryl methyl sites for hydroxylation is 1. The largest absolute Gasteiger partial charge is 0.383 e. The predicted molar refractivity (Wildman–Crippen MR) is 55.3 cm³/mol. The van der Waals surface area contributed by atoms with Crippen LogP contribution in [0, 0.1) is 6.92 Å². The summed E-state index contributed by atoms with van der Waals surface area (Å²) < 4.78 is 6.49. The van der Waals surface area contributed by atoms with Gasteiger partial charge in [0.2, 0.25) is 0 Å². The fourth-order valence-electron chi connectivity index (χ4n) is 1.28. The van der Waals surface area contributed by atoms with Crippen molar-refractivity contribution in [1.82, 2.24) is 4.57 Å². The van der Waals surface area contributed by atoms with Crippen molar-refractivity contribution in [1.29, 1.82) is 0 Å². The summed E-state index contributed by atoms with van der Waals surface area (Å²) in [5.41, 5.74) is 6.69. The second kappa shape index (κ2) is 4.93. The van der Waals surface area contributed by atoms with E-state index in [0.717, 1.165) is 5.56 Å². The summed E-state index contributed by atoms with van der Waals surface area (Å²) in [4.78, 5) is 11.4. The molecule has 1 atom stereocenters. The van der Waals surface area contributed by atoms with Crippen LogP contribution < -0.4 is 11.3 Å². The quantitative estimate of drug-likeness (QED) is 0.744. The molecule has 0 saturated heterocycles. The minimum absolute atomic E-state index is 0.0171. The van der Waals surface area contributed by atoms with Gasteiger partial charge in [0.1, 0.15) is 0 Å². The van der Waals surface area contributed by atoms with Crippen molar-refractivity contribution in [3.05, 3.63) is 34.2 Å². The first kappa shape index (κ1) is 10.9. The molecule has 0 aliphatic heterocycles. The van der Waals surface area contributed by atoms with E-state index >= 15 is 0 Å². The third-order valence-electron chi connectivity index (χ3n) is 1.96. The third-order valence-corrected chi connectivity index (χ3v) is 1.96. The number of hydrogen-bond acceptors (Lipinski definition) is 3. The highest BCUT2D eigenvalue weighted by atomic mass is 16.5. The van der Waals surface area contributed by atoms with E-state index in [0.29, 0.717) is 13.2 Å². The smallest absolute Gasteiger partial charge is 0.250 e. The summed E-state index contributed by atoms with van der Waals surface area (Å²) >= 11 is 0. The van der Waals surface area contributed by atoms with Gasteiger partial charge < -0.3 is 15.0 Å². The highest BCUT2D eigenvalue weighted by Gasteiger charge is 2.03. The van der Waals surface area contributed by atoms with Crippen LogP contribution in [0.15, 0.2) is 23.1 Å². The number of ether oxygens (including phenoxy) is 1. The molecule has 1 aromatic rings.